The van der Waals surface area contributed by atoms with E-state index in [0.29, 0.717) is 5.69 Å². The molecule has 0 aliphatic carbocycles. The maximum absolute atomic E-state index is 13.3. The van der Waals surface area contributed by atoms with E-state index in [9.17, 15) is 13.2 Å². The molecule has 0 radical (unpaired) electrons. The van der Waals surface area contributed by atoms with Crippen molar-refractivity contribution in [2.24, 2.45) is 4.74 Å². The summed E-state index contributed by atoms with van der Waals surface area (Å²) in [4.78, 5) is 11.5. The van der Waals surface area contributed by atoms with Crippen LogP contribution in [0.2, 0.25) is 0 Å². The predicted octanol–water partition coefficient (Wildman–Crippen LogP) is 4.34. The van der Waals surface area contributed by atoms with Crippen LogP contribution in [0.5, 0.6) is 0 Å². The summed E-state index contributed by atoms with van der Waals surface area (Å²) in [5.41, 5.74) is 0.355. The number of benzene rings is 4. The van der Waals surface area contributed by atoms with E-state index in [1.54, 1.807) is 18.2 Å². The van der Waals surface area contributed by atoms with Gasteiger partial charge in [-0.15, -0.1) is 0 Å². The Morgan fingerprint density at radius 3 is 1.67 bits per heavy atom. The number of nitrogens with one attached hydrogen (secondary N) is 1. The Bertz CT molecular complexity index is 1370. The molecule has 0 aliphatic heterocycles. The first-order valence-electron chi connectivity index (χ1n) is 11.4. The summed E-state index contributed by atoms with van der Waals surface area (Å²) in [6.07, 6.45) is -0.0655. The van der Waals surface area contributed by atoms with Crippen LogP contribution in [0.1, 0.15) is 6.42 Å². The van der Waals surface area contributed by atoms with E-state index in [1.807, 2.05) is 91.0 Å². The van der Waals surface area contributed by atoms with E-state index < -0.39 is 23.0 Å². The molecule has 1 N–H and O–H groups in total. The fraction of sp³-hybridized carbons (Fsp3) is 0.107. The Kier molecular flexibility index (Phi) is 8.16. The molecule has 6 nitrogen and oxygen atoms in total. The average Bonchev–Trinajstić information content (AvgIpc) is 2.93. The lowest BCUT2D eigenvalue weighted by molar-refractivity contribution is -0.140. The van der Waals surface area contributed by atoms with Crippen LogP contribution >= 0.6 is 7.05 Å². The normalized spacial score (nSPS) is 11.6. The molecule has 0 unspecified atom stereocenters. The third-order valence-electron chi connectivity index (χ3n) is 5.65. The van der Waals surface area contributed by atoms with Gasteiger partial charge >= 0.3 is 5.97 Å². The number of hydrogen-bond acceptors (Lipinski definition) is 5. The highest BCUT2D eigenvalue weighted by molar-refractivity contribution is 7.90. The van der Waals surface area contributed by atoms with Crippen LogP contribution in [0.25, 0.3) is 0 Å². The molecule has 0 aromatic heterocycles. The number of esters is 1. The Morgan fingerprint density at radius 2 is 1.19 bits per heavy atom. The van der Waals surface area contributed by atoms with Crippen molar-refractivity contribution in [1.82, 2.24) is 4.72 Å². The number of carbonyl (C=O) groups is 1. The van der Waals surface area contributed by atoms with Gasteiger partial charge in [0.1, 0.15) is 4.90 Å². The quantitative estimate of drug-likeness (QED) is 0.264. The monoisotopic (exact) mass is 518 g/mol. The summed E-state index contributed by atoms with van der Waals surface area (Å²) in [5.74, 6) is -0.488. The molecule has 0 bridgehead atoms. The molecule has 184 valence electrons. The summed E-state index contributed by atoms with van der Waals surface area (Å²) >= 11 is 0. The summed E-state index contributed by atoms with van der Waals surface area (Å²) < 4.78 is 39.1. The topological polar surface area (TPSA) is 84.8 Å². The molecular formula is C28H27N2O4PS. The van der Waals surface area contributed by atoms with E-state index in [-0.39, 0.29) is 17.9 Å². The lowest BCUT2D eigenvalue weighted by Crippen LogP contribution is -2.27. The van der Waals surface area contributed by atoms with Crippen LogP contribution in [-0.4, -0.2) is 28.0 Å². The molecule has 36 heavy (non-hydrogen) atoms. The van der Waals surface area contributed by atoms with Crippen molar-refractivity contribution >= 4 is 44.6 Å². The Hall–Kier alpha value is -3.51. The van der Waals surface area contributed by atoms with Crippen molar-refractivity contribution in [1.29, 1.82) is 0 Å². The fourth-order valence-electron chi connectivity index (χ4n) is 3.95. The minimum Gasteiger partial charge on any atom is -0.469 e. The Labute approximate surface area is 212 Å². The van der Waals surface area contributed by atoms with Gasteiger partial charge in [0.25, 0.3) is 0 Å². The molecule has 4 aromatic carbocycles. The van der Waals surface area contributed by atoms with Crippen molar-refractivity contribution in [2.75, 3.05) is 13.7 Å². The summed E-state index contributed by atoms with van der Waals surface area (Å²) in [6.45, 7) is -0.0698. The highest BCUT2D eigenvalue weighted by atomic mass is 32.2. The summed E-state index contributed by atoms with van der Waals surface area (Å²) in [7, 11) is -5.34. The van der Waals surface area contributed by atoms with Gasteiger partial charge in [0, 0.05) is 22.5 Å². The van der Waals surface area contributed by atoms with Crippen LogP contribution < -0.4 is 20.6 Å². The number of carbonyl (C=O) groups excluding carboxylic acids is 1. The number of sulfonamides is 1. The van der Waals surface area contributed by atoms with E-state index in [0.717, 1.165) is 15.9 Å². The van der Waals surface area contributed by atoms with Gasteiger partial charge in [0.05, 0.1) is 26.3 Å². The first-order chi connectivity index (χ1) is 17.5. The molecule has 0 aliphatic rings. The van der Waals surface area contributed by atoms with Gasteiger partial charge in [-0.1, -0.05) is 103 Å². The second-order valence-electron chi connectivity index (χ2n) is 7.93. The van der Waals surface area contributed by atoms with Gasteiger partial charge in [-0.25, -0.2) is 13.1 Å². The third kappa shape index (κ3) is 5.49. The fourth-order valence-corrected chi connectivity index (χ4v) is 8.74. The highest BCUT2D eigenvalue weighted by Gasteiger charge is 2.29. The molecule has 0 heterocycles. The molecule has 4 rings (SSSR count). The summed E-state index contributed by atoms with van der Waals surface area (Å²) in [6, 6.07) is 36.7. The first-order valence-corrected chi connectivity index (χ1v) is 14.6. The zero-order valence-corrected chi connectivity index (χ0v) is 21.5. The molecular weight excluding hydrogens is 491 g/mol. The molecule has 0 saturated carbocycles. The standard InChI is InChI=1S/C28H27N2O4PS/c1-34-28(31)21-22-29-36(32,33)27-20-12-11-19-26(27)30-35(23-13-5-2-6-14-23,24-15-7-3-8-16-24)25-17-9-4-10-18-25/h2-20,29H,21-22H2,1H3. The molecule has 0 atom stereocenters. The van der Waals surface area contributed by atoms with Crippen molar-refractivity contribution in [3.63, 3.8) is 0 Å². The first kappa shape index (κ1) is 25.6. The van der Waals surface area contributed by atoms with Crippen LogP contribution in [0.4, 0.5) is 5.69 Å². The number of hydrogen-bond donors (Lipinski definition) is 1. The lowest BCUT2D eigenvalue weighted by Gasteiger charge is -2.27. The highest BCUT2D eigenvalue weighted by Crippen LogP contribution is 2.50. The van der Waals surface area contributed by atoms with Crippen molar-refractivity contribution in [3.8, 4) is 0 Å². The molecule has 0 fully saturated rings. The van der Waals surface area contributed by atoms with Crippen LogP contribution in [0, 0.1) is 0 Å². The predicted molar refractivity (Wildman–Crippen MR) is 145 cm³/mol. The second-order valence-corrected chi connectivity index (χ2v) is 12.7. The zero-order valence-electron chi connectivity index (χ0n) is 19.8. The van der Waals surface area contributed by atoms with Crippen molar-refractivity contribution in [2.45, 2.75) is 11.3 Å². The number of nitrogens with zero attached hydrogens (tertiary/aromatic N) is 1. The van der Waals surface area contributed by atoms with E-state index in [1.165, 1.54) is 13.2 Å². The van der Waals surface area contributed by atoms with Gasteiger partial charge in [-0.2, -0.15) is 0 Å². The SMILES string of the molecule is COC(=O)CCNS(=O)(=O)c1ccccc1N=P(c1ccccc1)(c1ccccc1)c1ccccc1. The molecule has 0 saturated heterocycles. The number of methoxy groups -OCH3 is 1. The Morgan fingerprint density at radius 1 is 0.750 bits per heavy atom. The van der Waals surface area contributed by atoms with E-state index in [4.69, 9.17) is 4.74 Å². The van der Waals surface area contributed by atoms with Crippen LogP contribution in [-0.2, 0) is 19.6 Å². The second kappa shape index (κ2) is 11.5. The molecule has 0 amide bonds. The van der Waals surface area contributed by atoms with Gasteiger partial charge < -0.3 is 4.74 Å². The maximum atomic E-state index is 13.3. The molecule has 8 heteroatoms. The zero-order chi connectivity index (χ0) is 25.4. The third-order valence-corrected chi connectivity index (χ3v) is 10.8. The van der Waals surface area contributed by atoms with Gasteiger partial charge in [-0.3, -0.25) is 9.54 Å². The molecule has 4 aromatic rings. The largest absolute Gasteiger partial charge is 0.469 e. The van der Waals surface area contributed by atoms with E-state index >= 15 is 0 Å². The minimum atomic E-state index is -3.95. The maximum Gasteiger partial charge on any atom is 0.306 e. The van der Waals surface area contributed by atoms with Crippen molar-refractivity contribution < 1.29 is 17.9 Å². The smallest absolute Gasteiger partial charge is 0.306 e. The molecule has 0 spiro atoms. The number of ether oxygens (including phenoxy) is 1. The Balaban J connectivity index is 1.98. The van der Waals surface area contributed by atoms with Gasteiger partial charge in [0.2, 0.25) is 10.0 Å². The average molecular weight is 519 g/mol. The van der Waals surface area contributed by atoms with Crippen molar-refractivity contribution in [3.05, 3.63) is 115 Å². The van der Waals surface area contributed by atoms with Gasteiger partial charge in [0.15, 0.2) is 0 Å². The van der Waals surface area contributed by atoms with E-state index in [2.05, 4.69) is 9.46 Å². The van der Waals surface area contributed by atoms with Crippen LogP contribution in [0.3, 0.4) is 0 Å². The van der Waals surface area contributed by atoms with Crippen LogP contribution in [0.15, 0.2) is 125 Å². The lowest BCUT2D eigenvalue weighted by atomic mass is 10.3. The van der Waals surface area contributed by atoms with Gasteiger partial charge in [-0.05, 0) is 12.1 Å². The number of rotatable bonds is 9. The minimum absolute atomic E-state index is 0.0574. The summed E-state index contributed by atoms with van der Waals surface area (Å²) in [5, 5.41) is 3.02.